The number of benzene rings is 2. The van der Waals surface area contributed by atoms with Crippen LogP contribution < -0.4 is 11.0 Å². The third-order valence-corrected chi connectivity index (χ3v) is 6.70. The maximum absolute atomic E-state index is 12.5. The summed E-state index contributed by atoms with van der Waals surface area (Å²) in [7, 11) is 0. The number of H-pyrrole nitrogens is 1. The number of urea groups is 1. The Kier molecular flexibility index (Phi) is 5.30. The van der Waals surface area contributed by atoms with E-state index in [1.807, 2.05) is 28.8 Å². The summed E-state index contributed by atoms with van der Waals surface area (Å²) in [6.07, 6.45) is 1.85. The summed E-state index contributed by atoms with van der Waals surface area (Å²) in [5.74, 6) is 0.00630. The van der Waals surface area contributed by atoms with Crippen molar-refractivity contribution in [3.63, 3.8) is 0 Å². The summed E-state index contributed by atoms with van der Waals surface area (Å²) in [4.78, 5) is 43.5. The second kappa shape index (κ2) is 8.27. The smallest absolute Gasteiger partial charge is 0.321 e. The highest BCUT2D eigenvalue weighted by Gasteiger charge is 2.37. The molecule has 2 saturated heterocycles. The van der Waals surface area contributed by atoms with E-state index in [4.69, 9.17) is 0 Å². The van der Waals surface area contributed by atoms with Crippen LogP contribution in [0, 0.1) is 0 Å². The summed E-state index contributed by atoms with van der Waals surface area (Å²) in [6, 6.07) is 15.2. The molecule has 1 aromatic heterocycles. The molecular formula is C24H27N5O3. The maximum Gasteiger partial charge on any atom is 0.326 e. The Bertz CT molecular complexity index is 1200. The Morgan fingerprint density at radius 3 is 2.34 bits per heavy atom. The van der Waals surface area contributed by atoms with Crippen molar-refractivity contribution in [1.29, 1.82) is 0 Å². The van der Waals surface area contributed by atoms with Crippen LogP contribution >= 0.6 is 0 Å². The van der Waals surface area contributed by atoms with E-state index < -0.39 is 0 Å². The number of piperidine rings is 1. The van der Waals surface area contributed by atoms with Crippen LogP contribution in [0.1, 0.15) is 36.2 Å². The molecule has 8 heteroatoms. The van der Waals surface area contributed by atoms with Crippen molar-refractivity contribution in [3.05, 3.63) is 64.6 Å². The molecule has 2 N–H and O–H groups in total. The number of carbonyl (C=O) groups excluding carboxylic acids is 2. The second-order valence-electron chi connectivity index (χ2n) is 8.71. The van der Waals surface area contributed by atoms with E-state index in [0.717, 1.165) is 37.0 Å². The lowest BCUT2D eigenvalue weighted by molar-refractivity contribution is 0.0397. The fourth-order valence-corrected chi connectivity index (χ4v) is 4.79. The lowest BCUT2D eigenvalue weighted by atomic mass is 9.99. The van der Waals surface area contributed by atoms with Gasteiger partial charge in [-0.2, -0.15) is 0 Å². The molecule has 2 aliphatic heterocycles. The maximum atomic E-state index is 12.5. The minimum absolute atomic E-state index is 0.00630. The number of nitrogens with one attached hydrogen (secondary N) is 2. The van der Waals surface area contributed by atoms with Crippen molar-refractivity contribution in [2.75, 3.05) is 31.5 Å². The number of rotatable bonds is 4. The van der Waals surface area contributed by atoms with Gasteiger partial charge in [0.15, 0.2) is 5.78 Å². The monoisotopic (exact) mass is 433 g/mol. The molecule has 0 radical (unpaired) electrons. The number of carbonyl (C=O) groups is 2. The first kappa shape index (κ1) is 20.5. The molecule has 0 aliphatic carbocycles. The SMILES string of the molecule is CC(=O)c1ccc(NC(=O)N2CC(N3CCC(n4c(=O)[nH]c5ccccc54)CC3)C2)cc1. The molecule has 0 atom stereocenters. The summed E-state index contributed by atoms with van der Waals surface area (Å²) in [5, 5.41) is 2.90. The van der Waals surface area contributed by atoms with E-state index in [1.54, 1.807) is 29.2 Å². The van der Waals surface area contributed by atoms with Crippen molar-refractivity contribution in [2.45, 2.75) is 31.8 Å². The number of aromatic amines is 1. The van der Waals surface area contributed by atoms with Crippen LogP contribution in [0.5, 0.6) is 0 Å². The zero-order chi connectivity index (χ0) is 22.2. The van der Waals surface area contributed by atoms with Crippen molar-refractivity contribution in [3.8, 4) is 0 Å². The van der Waals surface area contributed by atoms with E-state index in [0.29, 0.717) is 30.4 Å². The van der Waals surface area contributed by atoms with Gasteiger partial charge in [0.2, 0.25) is 0 Å². The van der Waals surface area contributed by atoms with Gasteiger partial charge in [0.1, 0.15) is 0 Å². The number of hydrogen-bond acceptors (Lipinski definition) is 4. The van der Waals surface area contributed by atoms with Gasteiger partial charge in [0.25, 0.3) is 0 Å². The fourth-order valence-electron chi connectivity index (χ4n) is 4.79. The molecule has 3 aromatic rings. The molecule has 166 valence electrons. The van der Waals surface area contributed by atoms with E-state index in [9.17, 15) is 14.4 Å². The van der Waals surface area contributed by atoms with Crippen molar-refractivity contribution < 1.29 is 9.59 Å². The highest BCUT2D eigenvalue weighted by atomic mass is 16.2. The van der Waals surface area contributed by atoms with E-state index in [-0.39, 0.29) is 23.5 Å². The van der Waals surface area contributed by atoms with E-state index >= 15 is 0 Å². The number of nitrogens with zero attached hydrogens (tertiary/aromatic N) is 3. The number of likely N-dealkylation sites (tertiary alicyclic amines) is 2. The molecule has 3 heterocycles. The number of imidazole rings is 1. The zero-order valence-corrected chi connectivity index (χ0v) is 18.1. The molecule has 2 amide bonds. The summed E-state index contributed by atoms with van der Waals surface area (Å²) >= 11 is 0. The normalized spacial score (nSPS) is 18.0. The number of aromatic nitrogens is 2. The Morgan fingerprint density at radius 1 is 0.969 bits per heavy atom. The molecule has 2 aliphatic rings. The predicted molar refractivity (Wildman–Crippen MR) is 123 cm³/mol. The number of Topliss-reactive ketones (excluding diaryl/α,β-unsaturated/α-hetero) is 1. The lowest BCUT2D eigenvalue weighted by Crippen LogP contribution is -2.63. The van der Waals surface area contributed by atoms with Crippen LogP contribution in [0.2, 0.25) is 0 Å². The van der Waals surface area contributed by atoms with Crippen LogP contribution in [-0.2, 0) is 0 Å². The molecule has 0 spiro atoms. The molecule has 8 nitrogen and oxygen atoms in total. The van der Waals surface area contributed by atoms with Gasteiger partial charge in [-0.05, 0) is 56.2 Å². The number of hydrogen-bond donors (Lipinski definition) is 2. The van der Waals surface area contributed by atoms with Crippen molar-refractivity contribution in [1.82, 2.24) is 19.4 Å². The third kappa shape index (κ3) is 3.82. The van der Waals surface area contributed by atoms with Crippen LogP contribution in [0.3, 0.4) is 0 Å². The van der Waals surface area contributed by atoms with Gasteiger partial charge in [-0.1, -0.05) is 12.1 Å². The number of fused-ring (bicyclic) bond motifs is 1. The summed E-state index contributed by atoms with van der Waals surface area (Å²) in [5.41, 5.74) is 3.14. The Labute approximate surface area is 185 Å². The molecule has 2 aromatic carbocycles. The van der Waals surface area contributed by atoms with Gasteiger partial charge in [-0.15, -0.1) is 0 Å². The van der Waals surface area contributed by atoms with Crippen LogP contribution in [0.4, 0.5) is 10.5 Å². The third-order valence-electron chi connectivity index (χ3n) is 6.70. The standard InChI is InChI=1S/C24H27N5O3/c1-16(30)17-6-8-18(9-7-17)25-23(31)28-14-20(15-28)27-12-10-19(11-13-27)29-22-5-3-2-4-21(22)26-24(29)32/h2-9,19-20H,10-15H2,1H3,(H,25,31)(H,26,32). The average molecular weight is 434 g/mol. The van der Waals surface area contributed by atoms with Gasteiger partial charge >= 0.3 is 11.7 Å². The fraction of sp³-hybridized carbons (Fsp3) is 0.375. The Hall–Kier alpha value is -3.39. The molecule has 2 fully saturated rings. The van der Waals surface area contributed by atoms with Gasteiger partial charge in [-0.25, -0.2) is 9.59 Å². The predicted octanol–water partition coefficient (Wildman–Crippen LogP) is 3.09. The van der Waals surface area contributed by atoms with Crippen LogP contribution in [0.15, 0.2) is 53.3 Å². The number of ketones is 1. The van der Waals surface area contributed by atoms with Crippen LogP contribution in [0.25, 0.3) is 11.0 Å². The zero-order valence-electron chi connectivity index (χ0n) is 18.1. The first-order chi connectivity index (χ1) is 15.5. The molecule has 0 bridgehead atoms. The largest absolute Gasteiger partial charge is 0.326 e. The first-order valence-corrected chi connectivity index (χ1v) is 11.1. The minimum atomic E-state index is -0.114. The topological polar surface area (TPSA) is 90.4 Å². The van der Waals surface area contributed by atoms with E-state index in [2.05, 4.69) is 15.2 Å². The highest BCUT2D eigenvalue weighted by Crippen LogP contribution is 2.28. The van der Waals surface area contributed by atoms with Gasteiger partial charge < -0.3 is 15.2 Å². The Morgan fingerprint density at radius 2 is 1.66 bits per heavy atom. The first-order valence-electron chi connectivity index (χ1n) is 11.1. The van der Waals surface area contributed by atoms with Gasteiger partial charge in [0, 0.05) is 49.5 Å². The number of para-hydroxylation sites is 2. The minimum Gasteiger partial charge on any atom is -0.321 e. The number of amides is 2. The average Bonchev–Trinajstić information content (AvgIpc) is 3.09. The second-order valence-corrected chi connectivity index (χ2v) is 8.71. The van der Waals surface area contributed by atoms with Gasteiger partial charge in [0.05, 0.1) is 11.0 Å². The van der Waals surface area contributed by atoms with Crippen LogP contribution in [-0.4, -0.2) is 63.4 Å². The highest BCUT2D eigenvalue weighted by molar-refractivity contribution is 5.95. The summed E-state index contributed by atoms with van der Waals surface area (Å²) in [6.45, 7) is 4.77. The Balaban J connectivity index is 1.13. The summed E-state index contributed by atoms with van der Waals surface area (Å²) < 4.78 is 1.91. The van der Waals surface area contributed by atoms with Gasteiger partial charge in [-0.3, -0.25) is 14.3 Å². The quantitative estimate of drug-likeness (QED) is 0.619. The molecule has 0 unspecified atom stereocenters. The lowest BCUT2D eigenvalue weighted by Gasteiger charge is -2.47. The van der Waals surface area contributed by atoms with Crippen molar-refractivity contribution in [2.24, 2.45) is 0 Å². The number of anilines is 1. The van der Waals surface area contributed by atoms with Crippen molar-refractivity contribution >= 4 is 28.5 Å². The molecule has 5 rings (SSSR count). The molecule has 0 saturated carbocycles. The molecule has 32 heavy (non-hydrogen) atoms. The van der Waals surface area contributed by atoms with E-state index in [1.165, 1.54) is 6.92 Å². The molecular weight excluding hydrogens is 406 g/mol.